The summed E-state index contributed by atoms with van der Waals surface area (Å²) in [5.74, 6) is 1.06. The Kier molecular flexibility index (Phi) is 6.09. The van der Waals surface area contributed by atoms with Crippen molar-refractivity contribution in [2.75, 3.05) is 19.6 Å². The molecule has 1 aromatic rings. The average molecular weight is 314 g/mol. The van der Waals surface area contributed by atoms with E-state index in [4.69, 9.17) is 0 Å². The fourth-order valence-corrected chi connectivity index (χ4v) is 4.33. The molecule has 1 aromatic carbocycles. The van der Waals surface area contributed by atoms with Crippen LogP contribution < -0.4 is 5.32 Å². The molecule has 0 aromatic heterocycles. The Morgan fingerprint density at radius 2 is 1.87 bits per heavy atom. The Hall–Kier alpha value is -1.35. The summed E-state index contributed by atoms with van der Waals surface area (Å²) in [6.45, 7) is 2.50. The molecule has 0 radical (unpaired) electrons. The predicted octanol–water partition coefficient (Wildman–Crippen LogP) is 3.39. The van der Waals surface area contributed by atoms with Gasteiger partial charge >= 0.3 is 0 Å². The molecule has 1 N–H and O–H groups in total. The highest BCUT2D eigenvalue weighted by Crippen LogP contribution is 2.34. The standard InChI is InChI=1S/C20H30N2O/c23-20(21-14-6-10-17-8-2-1-3-9-17)16-22-15-7-12-18-11-4-5-13-19(18)22/h1-3,8-9,18-19H,4-7,10-16H2,(H,21,23). The molecule has 1 aliphatic carbocycles. The Morgan fingerprint density at radius 3 is 2.74 bits per heavy atom. The molecule has 1 aliphatic heterocycles. The van der Waals surface area contributed by atoms with Crippen LogP contribution in [0.25, 0.3) is 0 Å². The zero-order chi connectivity index (χ0) is 15.9. The molecule has 1 heterocycles. The molecule has 3 rings (SSSR count). The second kappa shape index (κ2) is 8.49. The normalized spacial score (nSPS) is 24.9. The summed E-state index contributed by atoms with van der Waals surface area (Å²) in [5.41, 5.74) is 1.35. The second-order valence-corrected chi connectivity index (χ2v) is 7.16. The third-order valence-electron chi connectivity index (χ3n) is 5.51. The molecule has 0 bridgehead atoms. The number of piperidine rings is 1. The molecular formula is C20H30N2O. The number of carbonyl (C=O) groups is 1. The van der Waals surface area contributed by atoms with Crippen molar-refractivity contribution < 1.29 is 4.79 Å². The molecule has 2 aliphatic rings. The summed E-state index contributed by atoms with van der Waals surface area (Å²) < 4.78 is 0. The highest BCUT2D eigenvalue weighted by molar-refractivity contribution is 5.78. The Labute approximate surface area is 140 Å². The van der Waals surface area contributed by atoms with Crippen molar-refractivity contribution in [2.45, 2.75) is 57.4 Å². The Morgan fingerprint density at radius 1 is 1.09 bits per heavy atom. The smallest absolute Gasteiger partial charge is 0.234 e. The second-order valence-electron chi connectivity index (χ2n) is 7.16. The lowest BCUT2D eigenvalue weighted by Gasteiger charge is -2.43. The van der Waals surface area contributed by atoms with Crippen molar-refractivity contribution in [3.05, 3.63) is 35.9 Å². The van der Waals surface area contributed by atoms with E-state index in [0.29, 0.717) is 12.6 Å². The van der Waals surface area contributed by atoms with Gasteiger partial charge in [0.25, 0.3) is 0 Å². The van der Waals surface area contributed by atoms with Gasteiger partial charge in [-0.1, -0.05) is 43.2 Å². The fourth-order valence-electron chi connectivity index (χ4n) is 4.33. The number of nitrogens with one attached hydrogen (secondary N) is 1. The van der Waals surface area contributed by atoms with Crippen LogP contribution in [0.1, 0.15) is 50.5 Å². The third-order valence-corrected chi connectivity index (χ3v) is 5.51. The van der Waals surface area contributed by atoms with Gasteiger partial charge in [0.1, 0.15) is 0 Å². The summed E-state index contributed by atoms with van der Waals surface area (Å²) in [7, 11) is 0. The van der Waals surface area contributed by atoms with Gasteiger partial charge in [0.05, 0.1) is 6.54 Å². The molecule has 3 nitrogen and oxygen atoms in total. The van der Waals surface area contributed by atoms with Crippen LogP contribution in [0.5, 0.6) is 0 Å². The zero-order valence-electron chi connectivity index (χ0n) is 14.2. The Balaban J connectivity index is 1.37. The number of hydrogen-bond acceptors (Lipinski definition) is 2. The lowest BCUT2D eigenvalue weighted by molar-refractivity contribution is -0.123. The molecule has 1 saturated carbocycles. The summed E-state index contributed by atoms with van der Waals surface area (Å²) in [6.07, 6.45) is 10.1. The van der Waals surface area contributed by atoms with Gasteiger partial charge in [-0.05, 0) is 56.6 Å². The van der Waals surface area contributed by atoms with Gasteiger partial charge in [0.2, 0.25) is 5.91 Å². The zero-order valence-corrected chi connectivity index (χ0v) is 14.2. The molecule has 1 amide bonds. The lowest BCUT2D eigenvalue weighted by Crippen LogP contribution is -2.50. The molecule has 2 fully saturated rings. The molecule has 23 heavy (non-hydrogen) atoms. The quantitative estimate of drug-likeness (QED) is 0.816. The summed E-state index contributed by atoms with van der Waals surface area (Å²) >= 11 is 0. The van der Waals surface area contributed by atoms with Crippen molar-refractivity contribution in [2.24, 2.45) is 5.92 Å². The number of likely N-dealkylation sites (tertiary alicyclic amines) is 1. The first-order valence-corrected chi connectivity index (χ1v) is 9.37. The minimum atomic E-state index is 0.212. The maximum Gasteiger partial charge on any atom is 0.234 e. The number of aryl methyl sites for hydroxylation is 1. The maximum atomic E-state index is 12.2. The molecule has 3 heteroatoms. The largest absolute Gasteiger partial charge is 0.355 e. The van der Waals surface area contributed by atoms with Gasteiger partial charge in [-0.25, -0.2) is 0 Å². The number of fused-ring (bicyclic) bond motifs is 1. The molecule has 2 atom stereocenters. The van der Waals surface area contributed by atoms with Crippen LogP contribution in [0.3, 0.4) is 0 Å². The van der Waals surface area contributed by atoms with Gasteiger partial charge in [-0.3, -0.25) is 9.69 Å². The number of rotatable bonds is 6. The molecular weight excluding hydrogens is 284 g/mol. The van der Waals surface area contributed by atoms with Crippen LogP contribution >= 0.6 is 0 Å². The van der Waals surface area contributed by atoms with Crippen molar-refractivity contribution >= 4 is 5.91 Å². The highest BCUT2D eigenvalue weighted by Gasteiger charge is 2.33. The summed E-state index contributed by atoms with van der Waals surface area (Å²) in [6, 6.07) is 11.2. The average Bonchev–Trinajstić information content (AvgIpc) is 2.60. The third kappa shape index (κ3) is 4.81. The van der Waals surface area contributed by atoms with Crippen LogP contribution in [0.15, 0.2) is 30.3 Å². The number of hydrogen-bond donors (Lipinski definition) is 1. The fraction of sp³-hybridized carbons (Fsp3) is 0.650. The van der Waals surface area contributed by atoms with Crippen molar-refractivity contribution in [1.82, 2.24) is 10.2 Å². The summed E-state index contributed by atoms with van der Waals surface area (Å²) in [4.78, 5) is 14.7. The molecule has 1 saturated heterocycles. The van der Waals surface area contributed by atoms with E-state index in [1.54, 1.807) is 0 Å². The van der Waals surface area contributed by atoms with E-state index in [9.17, 15) is 4.79 Å². The molecule has 126 valence electrons. The first-order valence-electron chi connectivity index (χ1n) is 9.37. The molecule has 2 unspecified atom stereocenters. The van der Waals surface area contributed by atoms with E-state index in [1.807, 2.05) is 6.07 Å². The van der Waals surface area contributed by atoms with E-state index in [0.717, 1.165) is 31.8 Å². The minimum Gasteiger partial charge on any atom is -0.355 e. The van der Waals surface area contributed by atoms with Gasteiger partial charge in [-0.2, -0.15) is 0 Å². The SMILES string of the molecule is O=C(CN1CCCC2CCCCC21)NCCCc1ccccc1. The first-order chi connectivity index (χ1) is 11.3. The van der Waals surface area contributed by atoms with E-state index < -0.39 is 0 Å². The topological polar surface area (TPSA) is 32.3 Å². The van der Waals surface area contributed by atoms with E-state index >= 15 is 0 Å². The minimum absolute atomic E-state index is 0.212. The highest BCUT2D eigenvalue weighted by atomic mass is 16.2. The number of nitrogens with zero attached hydrogens (tertiary/aromatic N) is 1. The van der Waals surface area contributed by atoms with Gasteiger partial charge < -0.3 is 5.32 Å². The van der Waals surface area contributed by atoms with Gasteiger partial charge in [0.15, 0.2) is 0 Å². The van der Waals surface area contributed by atoms with Crippen molar-refractivity contribution in [3.8, 4) is 0 Å². The maximum absolute atomic E-state index is 12.2. The Bertz CT molecular complexity index is 486. The lowest BCUT2D eigenvalue weighted by atomic mass is 9.78. The van der Waals surface area contributed by atoms with Crippen molar-refractivity contribution in [3.63, 3.8) is 0 Å². The van der Waals surface area contributed by atoms with Gasteiger partial charge in [0, 0.05) is 12.6 Å². The van der Waals surface area contributed by atoms with Crippen LogP contribution in [-0.2, 0) is 11.2 Å². The van der Waals surface area contributed by atoms with Crippen LogP contribution in [-0.4, -0.2) is 36.5 Å². The van der Waals surface area contributed by atoms with Crippen molar-refractivity contribution in [1.29, 1.82) is 0 Å². The van der Waals surface area contributed by atoms with E-state index in [2.05, 4.69) is 34.5 Å². The van der Waals surface area contributed by atoms with E-state index in [-0.39, 0.29) is 5.91 Å². The summed E-state index contributed by atoms with van der Waals surface area (Å²) in [5, 5.41) is 3.12. The first kappa shape index (κ1) is 16.5. The monoisotopic (exact) mass is 314 g/mol. The number of amides is 1. The van der Waals surface area contributed by atoms with E-state index in [1.165, 1.54) is 44.1 Å². The predicted molar refractivity (Wildman–Crippen MR) is 94.3 cm³/mol. The number of benzene rings is 1. The number of carbonyl (C=O) groups excluding carboxylic acids is 1. The van der Waals surface area contributed by atoms with Gasteiger partial charge in [-0.15, -0.1) is 0 Å². The van der Waals surface area contributed by atoms with Crippen LogP contribution in [0.2, 0.25) is 0 Å². The molecule has 0 spiro atoms. The van der Waals surface area contributed by atoms with Crippen LogP contribution in [0.4, 0.5) is 0 Å². The van der Waals surface area contributed by atoms with Crippen LogP contribution in [0, 0.1) is 5.92 Å².